The molecule has 60 heavy (non-hydrogen) atoms. The van der Waals surface area contributed by atoms with Crippen molar-refractivity contribution in [3.63, 3.8) is 0 Å². The number of amides is 4. The van der Waals surface area contributed by atoms with Gasteiger partial charge in [0.15, 0.2) is 44.5 Å². The number of para-hydroxylation sites is 1. The second-order valence-electron chi connectivity index (χ2n) is 15.0. The first-order chi connectivity index (χ1) is 28.5. The average molecular weight is 869 g/mol. The first-order valence-corrected chi connectivity index (χ1v) is 19.3. The summed E-state index contributed by atoms with van der Waals surface area (Å²) in [6.45, 7) is 1.69. The largest absolute Gasteiger partial charge is 0.504 e. The Morgan fingerprint density at radius 3 is 1.95 bits per heavy atom. The van der Waals surface area contributed by atoms with Crippen molar-refractivity contribution in [3.05, 3.63) is 113 Å². The summed E-state index contributed by atoms with van der Waals surface area (Å²) in [7, 11) is 3.81. The van der Waals surface area contributed by atoms with E-state index in [-0.39, 0.29) is 40.5 Å². The van der Waals surface area contributed by atoms with Crippen molar-refractivity contribution in [2.24, 2.45) is 28.0 Å². The minimum Gasteiger partial charge on any atom is -0.504 e. The quantitative estimate of drug-likeness (QED) is 0.0357. The van der Waals surface area contributed by atoms with Gasteiger partial charge in [0.2, 0.25) is 17.6 Å². The molecule has 4 aromatic carbocycles. The van der Waals surface area contributed by atoms with Gasteiger partial charge in [0.05, 0.1) is 35.5 Å². The molecule has 4 aliphatic rings. The Balaban J connectivity index is 1.20. The third-order valence-electron chi connectivity index (χ3n) is 11.6. The van der Waals surface area contributed by atoms with E-state index in [2.05, 4.69) is 10.2 Å². The van der Waals surface area contributed by atoms with E-state index in [0.29, 0.717) is 11.4 Å². The number of hydrogen-bond acceptors (Lipinski definition) is 9. The number of fused-ring (bicyclic) bond motifs is 4. The Labute approximate surface area is 348 Å². The van der Waals surface area contributed by atoms with Crippen LogP contribution in [0.4, 0.5) is 50.4 Å². The van der Waals surface area contributed by atoms with Gasteiger partial charge in [-0.05, 0) is 80.3 Å². The topological polar surface area (TPSA) is 132 Å². The number of carbonyl (C=O) groups excluding carboxylic acids is 4. The number of phenols is 1. The van der Waals surface area contributed by atoms with Gasteiger partial charge in [-0.15, -0.1) is 23.2 Å². The van der Waals surface area contributed by atoms with Crippen LogP contribution in [-0.2, 0) is 19.2 Å². The summed E-state index contributed by atoms with van der Waals surface area (Å²) in [5, 5.41) is 20.1. The number of carbonyl (C=O) groups is 4. The maximum Gasteiger partial charge on any atom is 0.258 e. The number of aromatic hydroxyl groups is 1. The lowest BCUT2D eigenvalue weighted by Gasteiger charge is -2.50. The van der Waals surface area contributed by atoms with E-state index in [9.17, 15) is 37.5 Å². The Morgan fingerprint density at radius 2 is 1.37 bits per heavy atom. The van der Waals surface area contributed by atoms with Gasteiger partial charge in [-0.25, -0.2) is 26.9 Å². The minimum absolute atomic E-state index is 0.0643. The van der Waals surface area contributed by atoms with Crippen LogP contribution >= 0.6 is 23.2 Å². The summed E-state index contributed by atoms with van der Waals surface area (Å²) in [5.41, 5.74) is 0.247. The molecule has 0 spiro atoms. The lowest BCUT2D eigenvalue weighted by molar-refractivity contribution is -0.125. The predicted molar refractivity (Wildman–Crippen MR) is 210 cm³/mol. The number of phenolic OH excluding ortho intramolecular Hbond substituents is 1. The smallest absolute Gasteiger partial charge is 0.258 e. The molecule has 4 aromatic rings. The molecule has 1 N–H and O–H groups in total. The molecule has 1 saturated carbocycles. The predicted octanol–water partition coefficient (Wildman–Crippen LogP) is 8.74. The van der Waals surface area contributed by atoms with Gasteiger partial charge < -0.3 is 14.7 Å². The Kier molecular flexibility index (Phi) is 10.0. The number of allylic oxidation sites excluding steroid dienone is 2. The van der Waals surface area contributed by atoms with Crippen LogP contribution in [0.2, 0.25) is 0 Å². The van der Waals surface area contributed by atoms with Crippen LogP contribution in [0, 0.1) is 46.8 Å². The highest BCUT2D eigenvalue weighted by atomic mass is 35.5. The Morgan fingerprint density at radius 1 is 0.783 bits per heavy atom. The van der Waals surface area contributed by atoms with E-state index in [0.717, 1.165) is 10.6 Å². The molecule has 8 rings (SSSR count). The molecule has 3 fully saturated rings. The number of benzene rings is 4. The maximum atomic E-state index is 15.4. The molecule has 0 radical (unpaired) electrons. The van der Waals surface area contributed by atoms with Crippen molar-refractivity contribution in [3.8, 4) is 11.5 Å². The van der Waals surface area contributed by atoms with Gasteiger partial charge in [-0.1, -0.05) is 23.8 Å². The number of halogens is 7. The maximum absolute atomic E-state index is 15.4. The van der Waals surface area contributed by atoms with E-state index in [1.54, 1.807) is 31.2 Å². The Hall–Kier alpha value is -5.87. The fourth-order valence-electron chi connectivity index (χ4n) is 8.81. The SMILES string of the molecule is CCOc1cccc([C@H]2C3=CC[C@@H]4C(=O)N(c5ccc(N=Nc6ccc(N(C)C)cc6)cc5)C(=O)[C@@H]4[C@@H]3C[C@@]3(Cl)C(=O)N(c4c(F)c(F)c(F)c(F)c4F)C(=O)[C@@]23Cl)c1O. The number of nitrogens with zero attached hydrogens (tertiary/aromatic N) is 5. The molecule has 0 bridgehead atoms. The third-order valence-corrected chi connectivity index (χ3v) is 13.0. The minimum atomic E-state index is -2.81. The number of rotatable bonds is 8. The zero-order chi connectivity index (χ0) is 43.2. The van der Waals surface area contributed by atoms with Gasteiger partial charge in [0.1, 0.15) is 5.69 Å². The first-order valence-electron chi connectivity index (χ1n) is 18.6. The molecular weight excluding hydrogens is 836 g/mol. The number of alkyl halides is 2. The van der Waals surface area contributed by atoms with Crippen LogP contribution in [0.15, 0.2) is 88.6 Å². The van der Waals surface area contributed by atoms with Crippen molar-refractivity contribution in [1.29, 1.82) is 0 Å². The molecule has 0 unspecified atom stereocenters. The highest BCUT2D eigenvalue weighted by molar-refractivity contribution is 6.58. The van der Waals surface area contributed by atoms with Crippen molar-refractivity contribution < 1.29 is 51.0 Å². The molecular formula is C42H32Cl2F5N5O6. The summed E-state index contributed by atoms with van der Waals surface area (Å²) < 4.78 is 79.6. The van der Waals surface area contributed by atoms with Gasteiger partial charge in [0, 0.05) is 31.3 Å². The molecule has 4 amide bonds. The van der Waals surface area contributed by atoms with Crippen LogP contribution < -0.4 is 19.4 Å². The average Bonchev–Trinajstić information content (AvgIpc) is 3.57. The first kappa shape index (κ1) is 40.9. The number of azo groups is 1. The van der Waals surface area contributed by atoms with Crippen molar-refractivity contribution >= 4 is 75.3 Å². The summed E-state index contributed by atoms with van der Waals surface area (Å²) in [4.78, 5) is 54.8. The summed E-state index contributed by atoms with van der Waals surface area (Å²) in [6, 6.07) is 17.6. The molecule has 2 saturated heterocycles. The molecule has 6 atom stereocenters. The molecule has 2 aliphatic heterocycles. The standard InChI is InChI=1S/C42H32Cl2F5N5O6/c1-4-60-27-7-5-6-25(36(27)55)29-23-16-17-24-28(38(57)53(37(24)56)22-14-10-20(11-15-22)51-50-19-8-12-21(13-9-19)52(2)3)26(23)18-41(43)39(58)54(40(59)42(29,41)44)35-33(48)31(46)30(45)32(47)34(35)49/h5-16,24,26,28-29,55H,4,17-18H2,1-3H3/t24-,26+,28-,29+,41+,42-/m0/s1. The zero-order valence-corrected chi connectivity index (χ0v) is 33.2. The molecule has 310 valence electrons. The van der Waals surface area contributed by atoms with Crippen LogP contribution in [0.5, 0.6) is 11.5 Å². The molecule has 11 nitrogen and oxygen atoms in total. The van der Waals surface area contributed by atoms with Crippen molar-refractivity contribution in [2.75, 3.05) is 35.4 Å². The molecule has 18 heteroatoms. The molecule has 2 aliphatic carbocycles. The lowest BCUT2D eigenvalue weighted by atomic mass is 9.56. The molecule has 2 heterocycles. The van der Waals surface area contributed by atoms with Gasteiger partial charge in [-0.2, -0.15) is 10.2 Å². The van der Waals surface area contributed by atoms with Crippen molar-refractivity contribution in [2.45, 2.75) is 35.4 Å². The molecule has 0 aromatic heterocycles. The number of imide groups is 2. The Bertz CT molecular complexity index is 2550. The number of anilines is 3. The number of ether oxygens (including phenoxy) is 1. The zero-order valence-electron chi connectivity index (χ0n) is 31.7. The van der Waals surface area contributed by atoms with E-state index < -0.39 is 104 Å². The van der Waals surface area contributed by atoms with E-state index in [4.69, 9.17) is 27.9 Å². The normalized spacial score (nSPS) is 26.1. The summed E-state index contributed by atoms with van der Waals surface area (Å²) in [6.07, 6.45) is 0.738. The van der Waals surface area contributed by atoms with E-state index in [1.165, 1.54) is 36.4 Å². The third kappa shape index (κ3) is 5.81. The van der Waals surface area contributed by atoms with Crippen LogP contribution in [0.25, 0.3) is 0 Å². The fraction of sp³-hybridized carbons (Fsp3) is 0.286. The van der Waals surface area contributed by atoms with Crippen LogP contribution in [0.1, 0.15) is 31.2 Å². The second-order valence-corrected chi connectivity index (χ2v) is 16.2. The monoisotopic (exact) mass is 867 g/mol. The van der Waals surface area contributed by atoms with Crippen LogP contribution in [0.3, 0.4) is 0 Å². The summed E-state index contributed by atoms with van der Waals surface area (Å²) in [5.74, 6) is -22.8. The van der Waals surface area contributed by atoms with Crippen LogP contribution in [-0.4, -0.2) is 59.2 Å². The van der Waals surface area contributed by atoms with Gasteiger partial charge in [-0.3, -0.25) is 24.1 Å². The van der Waals surface area contributed by atoms with Gasteiger partial charge >= 0.3 is 0 Å². The second kappa shape index (κ2) is 14.7. The fourth-order valence-corrected chi connectivity index (χ4v) is 9.74. The number of hydrogen-bond donors (Lipinski definition) is 1. The highest BCUT2D eigenvalue weighted by Crippen LogP contribution is 2.67. The lowest BCUT2D eigenvalue weighted by Crippen LogP contribution is -2.60. The highest BCUT2D eigenvalue weighted by Gasteiger charge is 2.77. The van der Waals surface area contributed by atoms with Crippen molar-refractivity contribution in [1.82, 2.24) is 0 Å². The summed E-state index contributed by atoms with van der Waals surface area (Å²) >= 11 is 14.4. The van der Waals surface area contributed by atoms with E-state index >= 15 is 8.78 Å². The van der Waals surface area contributed by atoms with Gasteiger partial charge in [0.25, 0.3) is 11.8 Å². The van der Waals surface area contributed by atoms with E-state index in [1.807, 2.05) is 31.1 Å².